The molecule has 0 unspecified atom stereocenters. The van der Waals surface area contributed by atoms with E-state index in [9.17, 15) is 4.79 Å². The first-order chi connectivity index (χ1) is 12.1. The van der Waals surface area contributed by atoms with Gasteiger partial charge in [-0.25, -0.2) is 9.38 Å². The zero-order valence-corrected chi connectivity index (χ0v) is 15.2. The van der Waals surface area contributed by atoms with Crippen LogP contribution in [0.25, 0.3) is 22.1 Å². The van der Waals surface area contributed by atoms with Crippen LogP contribution in [-0.4, -0.2) is 16.0 Å². The molecule has 0 aliphatic carbocycles. The van der Waals surface area contributed by atoms with Crippen molar-refractivity contribution in [1.82, 2.24) is 9.38 Å². The van der Waals surface area contributed by atoms with Crippen LogP contribution < -0.4 is 14.8 Å². The summed E-state index contributed by atoms with van der Waals surface area (Å²) >= 11 is 1.42. The number of ether oxygens (including phenoxy) is 1. The Morgan fingerprint density at radius 3 is 2.60 bits per heavy atom. The van der Waals surface area contributed by atoms with Crippen LogP contribution in [0.4, 0.5) is 0 Å². The van der Waals surface area contributed by atoms with Crippen molar-refractivity contribution < 1.29 is 4.74 Å². The molecule has 4 rings (SSSR count). The van der Waals surface area contributed by atoms with Crippen molar-refractivity contribution >= 4 is 33.4 Å². The molecule has 5 heteroatoms. The van der Waals surface area contributed by atoms with E-state index in [-0.39, 0.29) is 5.56 Å². The van der Waals surface area contributed by atoms with Crippen LogP contribution in [0.5, 0.6) is 5.75 Å². The number of hydrogen-bond acceptors (Lipinski definition) is 4. The second-order valence-corrected chi connectivity index (χ2v) is 7.08. The van der Waals surface area contributed by atoms with Crippen LogP contribution in [-0.2, 0) is 0 Å². The van der Waals surface area contributed by atoms with Gasteiger partial charge in [0.05, 0.1) is 22.2 Å². The lowest BCUT2D eigenvalue weighted by Gasteiger charge is -2.01. The SMILES string of the molecule is CCOc1ccc(/C=c2\sc3nc4cc(C)c(C)cc4n3c2=O)cc1. The van der Waals surface area contributed by atoms with Gasteiger partial charge in [0.15, 0.2) is 4.96 Å². The maximum atomic E-state index is 12.9. The lowest BCUT2D eigenvalue weighted by Crippen LogP contribution is -2.22. The van der Waals surface area contributed by atoms with Gasteiger partial charge in [0.2, 0.25) is 0 Å². The Bertz CT molecular complexity index is 1190. The van der Waals surface area contributed by atoms with Crippen molar-refractivity contribution in [2.24, 2.45) is 0 Å². The van der Waals surface area contributed by atoms with Crippen molar-refractivity contribution in [3.63, 3.8) is 0 Å². The number of aromatic nitrogens is 2. The van der Waals surface area contributed by atoms with E-state index in [4.69, 9.17) is 4.74 Å². The minimum Gasteiger partial charge on any atom is -0.494 e. The van der Waals surface area contributed by atoms with Gasteiger partial charge >= 0.3 is 0 Å². The summed E-state index contributed by atoms with van der Waals surface area (Å²) in [6.45, 7) is 6.71. The van der Waals surface area contributed by atoms with Gasteiger partial charge in [-0.15, -0.1) is 0 Å². The molecule has 4 nitrogen and oxygen atoms in total. The van der Waals surface area contributed by atoms with E-state index < -0.39 is 0 Å². The van der Waals surface area contributed by atoms with E-state index in [1.165, 1.54) is 16.9 Å². The topological polar surface area (TPSA) is 43.6 Å². The van der Waals surface area contributed by atoms with Crippen LogP contribution in [0.1, 0.15) is 23.6 Å². The molecule has 25 heavy (non-hydrogen) atoms. The number of benzene rings is 2. The largest absolute Gasteiger partial charge is 0.494 e. The molecule has 0 atom stereocenters. The minimum atomic E-state index is -0.0142. The summed E-state index contributed by atoms with van der Waals surface area (Å²) in [7, 11) is 0. The molecule has 0 bridgehead atoms. The number of thiazole rings is 1. The zero-order chi connectivity index (χ0) is 17.6. The molecule has 0 saturated heterocycles. The van der Waals surface area contributed by atoms with Gasteiger partial charge in [0, 0.05) is 0 Å². The van der Waals surface area contributed by atoms with E-state index in [0.717, 1.165) is 32.9 Å². The first-order valence-corrected chi connectivity index (χ1v) is 9.05. The number of nitrogens with zero attached hydrogens (tertiary/aromatic N) is 2. The summed E-state index contributed by atoms with van der Waals surface area (Å²) in [6, 6.07) is 11.8. The maximum Gasteiger partial charge on any atom is 0.274 e. The lowest BCUT2D eigenvalue weighted by atomic mass is 10.1. The summed E-state index contributed by atoms with van der Waals surface area (Å²) in [5.74, 6) is 0.833. The Kier molecular flexibility index (Phi) is 3.81. The van der Waals surface area contributed by atoms with Crippen molar-refractivity contribution in [1.29, 1.82) is 0 Å². The quantitative estimate of drug-likeness (QED) is 0.568. The molecule has 2 aromatic heterocycles. The molecule has 0 spiro atoms. The fraction of sp³-hybridized carbons (Fsp3) is 0.200. The number of hydrogen-bond donors (Lipinski definition) is 0. The normalized spacial score (nSPS) is 12.4. The maximum absolute atomic E-state index is 12.9. The van der Waals surface area contributed by atoms with Crippen LogP contribution in [0.15, 0.2) is 41.2 Å². The molecule has 0 aliphatic rings. The Labute approximate surface area is 149 Å². The fourth-order valence-corrected chi connectivity index (χ4v) is 3.88. The average molecular weight is 350 g/mol. The monoisotopic (exact) mass is 350 g/mol. The number of imidazole rings is 1. The zero-order valence-electron chi connectivity index (χ0n) is 14.4. The lowest BCUT2D eigenvalue weighted by molar-refractivity contribution is 0.340. The minimum absolute atomic E-state index is 0.0142. The molecule has 0 fully saturated rings. The van der Waals surface area contributed by atoms with Gasteiger partial charge in [0.25, 0.3) is 5.56 Å². The van der Waals surface area contributed by atoms with Gasteiger partial charge in [0.1, 0.15) is 5.75 Å². The molecule has 0 N–H and O–H groups in total. The third-order valence-corrected chi connectivity index (χ3v) is 5.31. The smallest absolute Gasteiger partial charge is 0.274 e. The van der Waals surface area contributed by atoms with E-state index in [0.29, 0.717) is 11.1 Å². The molecule has 0 aliphatic heterocycles. The van der Waals surface area contributed by atoms with E-state index in [2.05, 4.69) is 18.8 Å². The number of aryl methyl sites for hydroxylation is 2. The van der Waals surface area contributed by atoms with Crippen molar-refractivity contribution in [3.8, 4) is 5.75 Å². The Balaban J connectivity index is 1.87. The molecule has 0 saturated carbocycles. The van der Waals surface area contributed by atoms with Crippen molar-refractivity contribution in [3.05, 3.63) is 68.0 Å². The Morgan fingerprint density at radius 2 is 1.88 bits per heavy atom. The molecule has 0 radical (unpaired) electrons. The highest BCUT2D eigenvalue weighted by atomic mass is 32.1. The molecule has 2 aromatic carbocycles. The van der Waals surface area contributed by atoms with Crippen LogP contribution in [0.2, 0.25) is 0 Å². The summed E-state index contributed by atoms with van der Waals surface area (Å²) in [5.41, 5.74) is 5.06. The Hall–Kier alpha value is -2.66. The first kappa shape index (κ1) is 15.8. The van der Waals surface area contributed by atoms with Gasteiger partial charge in [-0.2, -0.15) is 0 Å². The van der Waals surface area contributed by atoms with Crippen LogP contribution >= 0.6 is 11.3 Å². The highest BCUT2D eigenvalue weighted by Gasteiger charge is 2.12. The number of rotatable bonds is 3. The summed E-state index contributed by atoms with van der Waals surface area (Å²) < 4.78 is 7.85. The van der Waals surface area contributed by atoms with Gasteiger partial charge in [-0.05, 0) is 67.8 Å². The van der Waals surface area contributed by atoms with E-state index >= 15 is 0 Å². The molecule has 4 aromatic rings. The molecular formula is C20H18N2O2S. The summed E-state index contributed by atoms with van der Waals surface area (Å²) in [6.07, 6.45) is 1.91. The first-order valence-electron chi connectivity index (χ1n) is 8.23. The predicted molar refractivity (Wildman–Crippen MR) is 103 cm³/mol. The van der Waals surface area contributed by atoms with Crippen LogP contribution in [0, 0.1) is 13.8 Å². The summed E-state index contributed by atoms with van der Waals surface area (Å²) in [4.78, 5) is 18.2. The fourth-order valence-electron chi connectivity index (χ4n) is 2.90. The third kappa shape index (κ3) is 2.70. The van der Waals surface area contributed by atoms with Crippen molar-refractivity contribution in [2.45, 2.75) is 20.8 Å². The molecule has 0 amide bonds. The van der Waals surface area contributed by atoms with Crippen molar-refractivity contribution in [2.75, 3.05) is 6.61 Å². The standard InChI is InChI=1S/C20H18N2O2S/c1-4-24-15-7-5-14(6-8-15)11-18-19(23)22-17-10-13(3)12(2)9-16(17)21-20(22)25-18/h5-11H,4H2,1-3H3/b18-11-. The highest BCUT2D eigenvalue weighted by Crippen LogP contribution is 2.20. The van der Waals surface area contributed by atoms with Gasteiger partial charge in [-0.1, -0.05) is 23.5 Å². The third-order valence-electron chi connectivity index (χ3n) is 4.34. The number of fused-ring (bicyclic) bond motifs is 3. The molecule has 126 valence electrons. The van der Waals surface area contributed by atoms with E-state index in [1.807, 2.05) is 49.4 Å². The molecular weight excluding hydrogens is 332 g/mol. The van der Waals surface area contributed by atoms with Gasteiger partial charge < -0.3 is 4.74 Å². The van der Waals surface area contributed by atoms with E-state index in [1.54, 1.807) is 4.40 Å². The molecule has 2 heterocycles. The Morgan fingerprint density at radius 1 is 1.16 bits per heavy atom. The summed E-state index contributed by atoms with van der Waals surface area (Å²) in [5, 5.41) is 0. The predicted octanol–water partition coefficient (Wildman–Crippen LogP) is 3.47. The van der Waals surface area contributed by atoms with Gasteiger partial charge in [-0.3, -0.25) is 4.79 Å². The van der Waals surface area contributed by atoms with Crippen LogP contribution in [0.3, 0.4) is 0 Å². The highest BCUT2D eigenvalue weighted by molar-refractivity contribution is 7.15. The average Bonchev–Trinajstić information content (AvgIpc) is 3.07. The second-order valence-electron chi connectivity index (χ2n) is 6.07. The second kappa shape index (κ2) is 6.01.